The van der Waals surface area contributed by atoms with E-state index in [-0.39, 0.29) is 13.2 Å². The van der Waals surface area contributed by atoms with Gasteiger partial charge in [0.05, 0.1) is 23.9 Å². The predicted octanol–water partition coefficient (Wildman–Crippen LogP) is 2.79. The summed E-state index contributed by atoms with van der Waals surface area (Å²) in [4.78, 5) is 14.4. The summed E-state index contributed by atoms with van der Waals surface area (Å²) < 4.78 is 5.01. The van der Waals surface area contributed by atoms with Crippen molar-refractivity contribution in [2.24, 2.45) is 0 Å². The molecule has 29 heavy (non-hydrogen) atoms. The molecule has 3 aromatic rings. The van der Waals surface area contributed by atoms with Crippen LogP contribution in [0.5, 0.6) is 0 Å². The van der Waals surface area contributed by atoms with Gasteiger partial charge in [-0.15, -0.1) is 0 Å². The smallest absolute Gasteiger partial charge is 0.338 e. The van der Waals surface area contributed by atoms with Crippen molar-refractivity contribution in [2.75, 3.05) is 31.6 Å². The van der Waals surface area contributed by atoms with E-state index < -0.39 is 5.97 Å². The molecular formula is C22H26N4O3. The molecule has 1 aliphatic rings. The second-order valence-corrected chi connectivity index (χ2v) is 7.45. The summed E-state index contributed by atoms with van der Waals surface area (Å²) in [6, 6.07) is 14.2. The first-order chi connectivity index (χ1) is 14.2. The average molecular weight is 394 g/mol. The van der Waals surface area contributed by atoms with Gasteiger partial charge in [-0.3, -0.25) is 10.00 Å². The second-order valence-electron chi connectivity index (χ2n) is 7.45. The third-order valence-corrected chi connectivity index (χ3v) is 5.21. The normalized spacial score (nSPS) is 17.3. The van der Waals surface area contributed by atoms with Crippen LogP contribution >= 0.6 is 0 Å². The number of likely N-dealkylation sites (tertiary alicyclic amines) is 1. The van der Waals surface area contributed by atoms with Gasteiger partial charge in [-0.1, -0.05) is 12.1 Å². The van der Waals surface area contributed by atoms with E-state index in [1.165, 1.54) is 0 Å². The number of nitrogens with one attached hydrogen (secondary N) is 2. The Balaban J connectivity index is 1.36. The summed E-state index contributed by atoms with van der Waals surface area (Å²) in [6.07, 6.45) is 4.10. The van der Waals surface area contributed by atoms with E-state index >= 15 is 0 Å². The summed E-state index contributed by atoms with van der Waals surface area (Å²) in [5.41, 5.74) is 3.76. The molecule has 1 unspecified atom stereocenters. The van der Waals surface area contributed by atoms with Crippen LogP contribution in [-0.2, 0) is 11.3 Å². The Morgan fingerprint density at radius 2 is 2.24 bits per heavy atom. The standard InChI is InChI=1S/C22H26N4O3/c27-9-10-29-22(28)17-4-1-3-16(11-17)14-26-8-2-5-20(15-26)24-19-6-7-21-18(12-19)13-23-25-21/h1,3-4,6-7,11-13,20,24,27H,2,5,8-10,14-15H2,(H,23,25). The summed E-state index contributed by atoms with van der Waals surface area (Å²) in [7, 11) is 0. The van der Waals surface area contributed by atoms with Crippen molar-refractivity contribution >= 4 is 22.6 Å². The van der Waals surface area contributed by atoms with Gasteiger partial charge in [0.2, 0.25) is 0 Å². The molecule has 152 valence electrons. The van der Waals surface area contributed by atoms with Crippen molar-refractivity contribution < 1.29 is 14.6 Å². The van der Waals surface area contributed by atoms with E-state index in [0.717, 1.165) is 54.6 Å². The third kappa shape index (κ3) is 4.93. The molecule has 2 aromatic carbocycles. The second kappa shape index (κ2) is 9.07. The lowest BCUT2D eigenvalue weighted by atomic mass is 10.0. The van der Waals surface area contributed by atoms with Gasteiger partial charge in [-0.05, 0) is 55.3 Å². The van der Waals surface area contributed by atoms with Crippen LogP contribution in [0, 0.1) is 0 Å². The van der Waals surface area contributed by atoms with Crippen molar-refractivity contribution in [3.63, 3.8) is 0 Å². The molecule has 4 rings (SSSR count). The zero-order valence-electron chi connectivity index (χ0n) is 16.3. The molecule has 1 fully saturated rings. The quantitative estimate of drug-likeness (QED) is 0.534. The van der Waals surface area contributed by atoms with Gasteiger partial charge in [-0.25, -0.2) is 4.79 Å². The molecule has 1 aromatic heterocycles. The Bertz CT molecular complexity index is 971. The van der Waals surface area contributed by atoms with Crippen molar-refractivity contribution in [3.05, 3.63) is 59.8 Å². The number of aromatic amines is 1. The summed E-state index contributed by atoms with van der Waals surface area (Å²) in [6.45, 7) is 2.63. The van der Waals surface area contributed by atoms with Gasteiger partial charge in [-0.2, -0.15) is 5.10 Å². The Morgan fingerprint density at radius 1 is 1.31 bits per heavy atom. The van der Waals surface area contributed by atoms with Crippen LogP contribution in [0.25, 0.3) is 10.9 Å². The lowest BCUT2D eigenvalue weighted by Gasteiger charge is -2.33. The van der Waals surface area contributed by atoms with Crippen LogP contribution in [0.1, 0.15) is 28.8 Å². The number of aliphatic hydroxyl groups excluding tert-OH is 1. The zero-order chi connectivity index (χ0) is 20.1. The highest BCUT2D eigenvalue weighted by Gasteiger charge is 2.20. The average Bonchev–Trinajstić information content (AvgIpc) is 3.20. The number of nitrogens with zero attached hydrogens (tertiary/aromatic N) is 2. The number of aliphatic hydroxyl groups is 1. The Kier molecular flexibility index (Phi) is 6.07. The molecule has 2 heterocycles. The number of hydrogen-bond donors (Lipinski definition) is 3. The lowest BCUT2D eigenvalue weighted by molar-refractivity contribution is 0.0433. The van der Waals surface area contributed by atoms with E-state index in [1.54, 1.807) is 6.07 Å². The minimum Gasteiger partial charge on any atom is -0.460 e. The molecule has 0 amide bonds. The molecule has 1 aliphatic heterocycles. The van der Waals surface area contributed by atoms with E-state index in [4.69, 9.17) is 9.84 Å². The van der Waals surface area contributed by atoms with Crippen LogP contribution in [0.15, 0.2) is 48.7 Å². The van der Waals surface area contributed by atoms with Crippen molar-refractivity contribution in [1.82, 2.24) is 15.1 Å². The number of benzene rings is 2. The molecule has 0 saturated carbocycles. The van der Waals surface area contributed by atoms with Crippen molar-refractivity contribution in [2.45, 2.75) is 25.4 Å². The lowest BCUT2D eigenvalue weighted by Crippen LogP contribution is -2.41. The van der Waals surface area contributed by atoms with Crippen LogP contribution in [0.3, 0.4) is 0 Å². The van der Waals surface area contributed by atoms with Crippen LogP contribution in [0.4, 0.5) is 5.69 Å². The number of aromatic nitrogens is 2. The Hall–Kier alpha value is -2.90. The fourth-order valence-electron chi connectivity index (χ4n) is 3.86. The number of H-pyrrole nitrogens is 1. The molecule has 0 spiro atoms. The topological polar surface area (TPSA) is 90.5 Å². The number of esters is 1. The molecule has 3 N–H and O–H groups in total. The Morgan fingerprint density at radius 3 is 3.14 bits per heavy atom. The number of ether oxygens (including phenoxy) is 1. The molecule has 7 heteroatoms. The molecule has 0 radical (unpaired) electrons. The van der Waals surface area contributed by atoms with Gasteiger partial charge in [0.15, 0.2) is 0 Å². The molecule has 0 bridgehead atoms. The van der Waals surface area contributed by atoms with Crippen molar-refractivity contribution in [3.8, 4) is 0 Å². The van der Waals surface area contributed by atoms with Gasteiger partial charge in [0, 0.05) is 30.2 Å². The highest BCUT2D eigenvalue weighted by atomic mass is 16.5. The summed E-state index contributed by atoms with van der Waals surface area (Å²) in [5, 5.41) is 20.6. The Labute approximate surface area is 169 Å². The van der Waals surface area contributed by atoms with E-state index in [1.807, 2.05) is 30.5 Å². The SMILES string of the molecule is O=C(OCCO)c1cccc(CN2CCCC(Nc3ccc4[nH]ncc4c3)C2)c1. The van der Waals surface area contributed by atoms with Gasteiger partial charge in [0.1, 0.15) is 6.61 Å². The number of carbonyl (C=O) groups is 1. The molecule has 0 aliphatic carbocycles. The highest BCUT2D eigenvalue weighted by Crippen LogP contribution is 2.21. The van der Waals surface area contributed by atoms with Crippen LogP contribution in [0.2, 0.25) is 0 Å². The molecular weight excluding hydrogens is 368 g/mol. The van der Waals surface area contributed by atoms with E-state index in [2.05, 4.69) is 32.5 Å². The van der Waals surface area contributed by atoms with Gasteiger partial charge >= 0.3 is 5.97 Å². The first kappa shape index (κ1) is 19.4. The maximum Gasteiger partial charge on any atom is 0.338 e. The number of hydrogen-bond acceptors (Lipinski definition) is 6. The summed E-state index contributed by atoms with van der Waals surface area (Å²) in [5.74, 6) is -0.395. The summed E-state index contributed by atoms with van der Waals surface area (Å²) >= 11 is 0. The number of rotatable bonds is 7. The van der Waals surface area contributed by atoms with Gasteiger partial charge in [0.25, 0.3) is 0 Å². The first-order valence-electron chi connectivity index (χ1n) is 10.0. The minimum absolute atomic E-state index is 0.0210. The molecule has 1 atom stereocenters. The molecule has 7 nitrogen and oxygen atoms in total. The first-order valence-corrected chi connectivity index (χ1v) is 10.0. The number of piperidine rings is 1. The largest absolute Gasteiger partial charge is 0.460 e. The zero-order valence-corrected chi connectivity index (χ0v) is 16.3. The van der Waals surface area contributed by atoms with Crippen LogP contribution < -0.4 is 5.32 Å². The number of carbonyl (C=O) groups excluding carboxylic acids is 1. The molecule has 1 saturated heterocycles. The van der Waals surface area contributed by atoms with Crippen molar-refractivity contribution in [1.29, 1.82) is 0 Å². The van der Waals surface area contributed by atoms with Gasteiger partial charge < -0.3 is 15.2 Å². The fourth-order valence-corrected chi connectivity index (χ4v) is 3.86. The van der Waals surface area contributed by atoms with E-state index in [9.17, 15) is 4.79 Å². The monoisotopic (exact) mass is 394 g/mol. The maximum absolute atomic E-state index is 12.0. The fraction of sp³-hybridized carbons (Fsp3) is 0.364. The third-order valence-electron chi connectivity index (χ3n) is 5.21. The predicted molar refractivity (Wildman–Crippen MR) is 112 cm³/mol. The minimum atomic E-state index is -0.395. The highest BCUT2D eigenvalue weighted by molar-refractivity contribution is 5.89. The van der Waals surface area contributed by atoms with Crippen LogP contribution in [-0.4, -0.2) is 58.5 Å². The number of fused-ring (bicyclic) bond motifs is 1. The number of anilines is 1. The van der Waals surface area contributed by atoms with E-state index in [0.29, 0.717) is 11.6 Å². The maximum atomic E-state index is 12.0.